The van der Waals surface area contributed by atoms with Crippen molar-refractivity contribution in [2.75, 3.05) is 18.5 Å². The van der Waals surface area contributed by atoms with E-state index in [1.54, 1.807) is 0 Å². The summed E-state index contributed by atoms with van der Waals surface area (Å²) in [6.45, 7) is 6.42. The van der Waals surface area contributed by atoms with Gasteiger partial charge in [0.1, 0.15) is 5.82 Å². The van der Waals surface area contributed by atoms with Crippen LogP contribution < -0.4 is 10.2 Å². The lowest BCUT2D eigenvalue weighted by Crippen LogP contribution is -2.21. The molecule has 3 nitrogen and oxygen atoms in total. The summed E-state index contributed by atoms with van der Waals surface area (Å²) in [7, 11) is 2.14. The van der Waals surface area contributed by atoms with E-state index in [2.05, 4.69) is 48.2 Å². The van der Waals surface area contributed by atoms with Gasteiger partial charge in [0.15, 0.2) is 0 Å². The van der Waals surface area contributed by atoms with E-state index in [1.807, 2.05) is 6.20 Å². The van der Waals surface area contributed by atoms with Crippen molar-refractivity contribution in [3.8, 4) is 0 Å². The maximum atomic E-state index is 4.52. The highest BCUT2D eigenvalue weighted by Gasteiger charge is 2.26. The Bertz CT molecular complexity index is 341. The number of aromatic nitrogens is 1. The van der Waals surface area contributed by atoms with Crippen molar-refractivity contribution in [1.82, 2.24) is 10.3 Å². The second-order valence-corrected chi connectivity index (χ2v) is 5.39. The maximum absolute atomic E-state index is 4.52. The zero-order valence-electron chi connectivity index (χ0n) is 11.1. The molecule has 0 aliphatic heterocycles. The maximum Gasteiger partial charge on any atom is 0.128 e. The zero-order chi connectivity index (χ0) is 12.3. The lowest BCUT2D eigenvalue weighted by molar-refractivity contribution is 0.552. The Morgan fingerprint density at radius 2 is 2.18 bits per heavy atom. The minimum absolute atomic E-state index is 0.697. The molecule has 1 aliphatic rings. The molecule has 0 saturated heterocycles. The van der Waals surface area contributed by atoms with Crippen LogP contribution in [0.5, 0.6) is 0 Å². The normalized spacial score (nSPS) is 15.3. The van der Waals surface area contributed by atoms with E-state index in [-0.39, 0.29) is 0 Å². The lowest BCUT2D eigenvalue weighted by atomic mass is 10.2. The van der Waals surface area contributed by atoms with Gasteiger partial charge in [-0.05, 0) is 36.9 Å². The standard InChI is InChI=1S/C14H23N3/c1-11(2)8-15-9-12-4-7-14(16-10-12)17(3)13-5-6-13/h4,7,10-11,13,15H,5-6,8-9H2,1-3H3. The van der Waals surface area contributed by atoms with E-state index in [4.69, 9.17) is 0 Å². The summed E-state index contributed by atoms with van der Waals surface area (Å²) in [6.07, 6.45) is 4.62. The SMILES string of the molecule is CC(C)CNCc1ccc(N(C)C2CC2)nc1. The van der Waals surface area contributed by atoms with Crippen molar-refractivity contribution >= 4 is 5.82 Å². The Kier molecular flexibility index (Phi) is 4.00. The average Bonchev–Trinajstić information content (AvgIpc) is 3.12. The summed E-state index contributed by atoms with van der Waals surface area (Å²) < 4.78 is 0. The number of pyridine rings is 1. The van der Waals surface area contributed by atoms with E-state index in [0.717, 1.165) is 24.9 Å². The van der Waals surface area contributed by atoms with Crippen molar-refractivity contribution in [2.24, 2.45) is 5.92 Å². The molecule has 0 spiro atoms. The first kappa shape index (κ1) is 12.4. The third-order valence-corrected chi connectivity index (χ3v) is 3.15. The van der Waals surface area contributed by atoms with E-state index in [1.165, 1.54) is 18.4 Å². The van der Waals surface area contributed by atoms with Crippen molar-refractivity contribution < 1.29 is 0 Å². The molecular formula is C14H23N3. The van der Waals surface area contributed by atoms with Gasteiger partial charge in [-0.15, -0.1) is 0 Å². The summed E-state index contributed by atoms with van der Waals surface area (Å²) in [5.74, 6) is 1.79. The molecule has 1 aliphatic carbocycles. The number of anilines is 1. The molecule has 1 aromatic heterocycles. The molecule has 0 aromatic carbocycles. The molecule has 0 unspecified atom stereocenters. The first-order valence-electron chi connectivity index (χ1n) is 6.55. The van der Waals surface area contributed by atoms with Crippen LogP contribution in [0.25, 0.3) is 0 Å². The van der Waals surface area contributed by atoms with E-state index >= 15 is 0 Å². The number of hydrogen-bond donors (Lipinski definition) is 1. The molecule has 94 valence electrons. The van der Waals surface area contributed by atoms with Gasteiger partial charge >= 0.3 is 0 Å². The molecule has 0 atom stereocenters. The summed E-state index contributed by atoms with van der Waals surface area (Å²) in [5.41, 5.74) is 1.26. The Balaban J connectivity index is 1.84. The van der Waals surface area contributed by atoms with Crippen molar-refractivity contribution in [3.63, 3.8) is 0 Å². The van der Waals surface area contributed by atoms with Crippen LogP contribution in [0.1, 0.15) is 32.3 Å². The second kappa shape index (κ2) is 5.50. The highest BCUT2D eigenvalue weighted by atomic mass is 15.2. The molecular weight excluding hydrogens is 210 g/mol. The number of nitrogens with zero attached hydrogens (tertiary/aromatic N) is 2. The fourth-order valence-corrected chi connectivity index (χ4v) is 1.88. The van der Waals surface area contributed by atoms with Crippen LogP contribution in [0, 0.1) is 5.92 Å². The molecule has 1 fully saturated rings. The van der Waals surface area contributed by atoms with Crippen LogP contribution in [0.15, 0.2) is 18.3 Å². The first-order valence-corrected chi connectivity index (χ1v) is 6.55. The van der Waals surface area contributed by atoms with Crippen LogP contribution in [-0.4, -0.2) is 24.6 Å². The summed E-state index contributed by atoms with van der Waals surface area (Å²) in [4.78, 5) is 6.81. The first-order chi connectivity index (χ1) is 8.16. The van der Waals surface area contributed by atoms with Gasteiger partial charge in [0.2, 0.25) is 0 Å². The molecule has 1 aromatic rings. The van der Waals surface area contributed by atoms with Gasteiger partial charge in [-0.3, -0.25) is 0 Å². The van der Waals surface area contributed by atoms with Gasteiger partial charge < -0.3 is 10.2 Å². The van der Waals surface area contributed by atoms with E-state index in [9.17, 15) is 0 Å². The zero-order valence-corrected chi connectivity index (χ0v) is 11.1. The molecule has 1 N–H and O–H groups in total. The van der Waals surface area contributed by atoms with Gasteiger partial charge in [0.05, 0.1) is 0 Å². The smallest absolute Gasteiger partial charge is 0.128 e. The van der Waals surface area contributed by atoms with Gasteiger partial charge in [-0.1, -0.05) is 19.9 Å². The molecule has 2 rings (SSSR count). The van der Waals surface area contributed by atoms with Crippen molar-refractivity contribution in [1.29, 1.82) is 0 Å². The molecule has 0 amide bonds. The third kappa shape index (κ3) is 3.70. The molecule has 17 heavy (non-hydrogen) atoms. The fourth-order valence-electron chi connectivity index (χ4n) is 1.88. The summed E-state index contributed by atoms with van der Waals surface area (Å²) in [6, 6.07) is 5.03. The number of hydrogen-bond acceptors (Lipinski definition) is 3. The average molecular weight is 233 g/mol. The molecule has 0 radical (unpaired) electrons. The monoisotopic (exact) mass is 233 g/mol. The van der Waals surface area contributed by atoms with Crippen molar-refractivity contribution in [3.05, 3.63) is 23.9 Å². The van der Waals surface area contributed by atoms with Crippen LogP contribution in [0.2, 0.25) is 0 Å². The summed E-state index contributed by atoms with van der Waals surface area (Å²) >= 11 is 0. The Morgan fingerprint density at radius 3 is 2.71 bits per heavy atom. The topological polar surface area (TPSA) is 28.2 Å². The molecule has 1 saturated carbocycles. The van der Waals surface area contributed by atoms with E-state index < -0.39 is 0 Å². The summed E-state index contributed by atoms with van der Waals surface area (Å²) in [5, 5.41) is 3.43. The predicted octanol–water partition coefficient (Wildman–Crippen LogP) is 2.43. The Morgan fingerprint density at radius 1 is 1.41 bits per heavy atom. The highest BCUT2D eigenvalue weighted by molar-refractivity contribution is 5.41. The third-order valence-electron chi connectivity index (χ3n) is 3.15. The Hall–Kier alpha value is -1.09. The van der Waals surface area contributed by atoms with Gasteiger partial charge in [-0.2, -0.15) is 0 Å². The van der Waals surface area contributed by atoms with Gasteiger partial charge in [0, 0.05) is 25.8 Å². The van der Waals surface area contributed by atoms with Gasteiger partial charge in [0.25, 0.3) is 0 Å². The minimum Gasteiger partial charge on any atom is -0.357 e. The van der Waals surface area contributed by atoms with Gasteiger partial charge in [-0.25, -0.2) is 4.98 Å². The second-order valence-electron chi connectivity index (χ2n) is 5.39. The lowest BCUT2D eigenvalue weighted by Gasteiger charge is -2.17. The largest absolute Gasteiger partial charge is 0.357 e. The van der Waals surface area contributed by atoms with Crippen LogP contribution in [0.4, 0.5) is 5.82 Å². The molecule has 3 heteroatoms. The predicted molar refractivity (Wildman–Crippen MR) is 72.2 cm³/mol. The molecule has 1 heterocycles. The van der Waals surface area contributed by atoms with Crippen LogP contribution in [0.3, 0.4) is 0 Å². The van der Waals surface area contributed by atoms with Crippen LogP contribution >= 0.6 is 0 Å². The van der Waals surface area contributed by atoms with E-state index in [0.29, 0.717) is 5.92 Å². The minimum atomic E-state index is 0.697. The highest BCUT2D eigenvalue weighted by Crippen LogP contribution is 2.28. The quantitative estimate of drug-likeness (QED) is 0.818. The van der Waals surface area contributed by atoms with Crippen LogP contribution in [-0.2, 0) is 6.54 Å². The number of rotatable bonds is 6. The Labute approximate surface area is 104 Å². The number of nitrogens with one attached hydrogen (secondary N) is 1. The van der Waals surface area contributed by atoms with Crippen molar-refractivity contribution in [2.45, 2.75) is 39.3 Å². The fraction of sp³-hybridized carbons (Fsp3) is 0.643. The molecule has 0 bridgehead atoms.